The lowest BCUT2D eigenvalue weighted by Crippen LogP contribution is -2.43. The van der Waals surface area contributed by atoms with E-state index >= 15 is 0 Å². The first-order valence-electron chi connectivity index (χ1n) is 6.40. The van der Waals surface area contributed by atoms with E-state index in [1.54, 1.807) is 0 Å². The van der Waals surface area contributed by atoms with Crippen LogP contribution in [-0.2, 0) is 21.2 Å². The van der Waals surface area contributed by atoms with Gasteiger partial charge in [0.05, 0.1) is 6.20 Å². The average Bonchev–Trinajstić information content (AvgIpc) is 2.77. The molecule has 0 saturated carbocycles. The predicted molar refractivity (Wildman–Crippen MR) is 70.4 cm³/mol. The molecule has 6 nitrogen and oxygen atoms in total. The number of piperidine rings is 1. The van der Waals surface area contributed by atoms with Crippen LogP contribution >= 0.6 is 0 Å². The second-order valence-corrected chi connectivity index (χ2v) is 7.09. The fourth-order valence-corrected chi connectivity index (χ4v) is 2.87. The summed E-state index contributed by atoms with van der Waals surface area (Å²) in [5.74, 6) is -0.00430. The Bertz CT molecular complexity index is 565. The van der Waals surface area contributed by atoms with Gasteiger partial charge in [0, 0.05) is 25.0 Å². The Balaban J connectivity index is 2.04. The molecule has 1 amide bonds. The summed E-state index contributed by atoms with van der Waals surface area (Å²) in [5, 5.41) is 3.93. The summed E-state index contributed by atoms with van der Waals surface area (Å²) >= 11 is 0. The molecule has 1 aromatic rings. The maximum atomic E-state index is 12.2. The van der Waals surface area contributed by atoms with E-state index in [0.717, 1.165) is 32.1 Å². The van der Waals surface area contributed by atoms with Gasteiger partial charge in [-0.2, -0.15) is 5.10 Å². The van der Waals surface area contributed by atoms with E-state index in [1.807, 2.05) is 11.8 Å². The highest BCUT2D eigenvalue weighted by molar-refractivity contribution is 7.90. The van der Waals surface area contributed by atoms with Gasteiger partial charge in [-0.25, -0.2) is 8.42 Å². The zero-order valence-electron chi connectivity index (χ0n) is 11.2. The van der Waals surface area contributed by atoms with E-state index in [0.29, 0.717) is 0 Å². The molecule has 1 aromatic heterocycles. The van der Waals surface area contributed by atoms with Crippen molar-refractivity contribution < 1.29 is 13.2 Å². The topological polar surface area (TPSA) is 72.3 Å². The van der Waals surface area contributed by atoms with Crippen LogP contribution in [0.5, 0.6) is 0 Å². The Morgan fingerprint density at radius 2 is 2.21 bits per heavy atom. The van der Waals surface area contributed by atoms with E-state index in [9.17, 15) is 13.2 Å². The maximum Gasteiger partial charge on any atom is 0.244 e. The van der Waals surface area contributed by atoms with Crippen molar-refractivity contribution in [3.8, 4) is 0 Å². The fraction of sp³-hybridized carbons (Fsp3) is 0.667. The molecule has 0 spiro atoms. The van der Waals surface area contributed by atoms with Crippen molar-refractivity contribution >= 4 is 15.7 Å². The van der Waals surface area contributed by atoms with Crippen LogP contribution in [0.1, 0.15) is 26.2 Å². The SMILES string of the molecule is CC1CCCCN1C(=O)Cn1cc(S(C)(=O)=O)cn1. The predicted octanol–water partition coefficient (Wildman–Crippen LogP) is 0.688. The number of hydrogen-bond acceptors (Lipinski definition) is 4. The van der Waals surface area contributed by atoms with Gasteiger partial charge in [-0.3, -0.25) is 9.48 Å². The highest BCUT2D eigenvalue weighted by Gasteiger charge is 2.23. The van der Waals surface area contributed by atoms with Gasteiger partial charge in [0.25, 0.3) is 0 Å². The zero-order valence-corrected chi connectivity index (χ0v) is 12.1. The maximum absolute atomic E-state index is 12.2. The van der Waals surface area contributed by atoms with Gasteiger partial charge < -0.3 is 4.90 Å². The normalized spacial score (nSPS) is 20.5. The number of carbonyl (C=O) groups is 1. The first kappa shape index (κ1) is 14.0. The number of sulfone groups is 1. The smallest absolute Gasteiger partial charge is 0.244 e. The molecule has 2 heterocycles. The van der Waals surface area contributed by atoms with Crippen molar-refractivity contribution in [2.24, 2.45) is 0 Å². The number of likely N-dealkylation sites (tertiary alicyclic amines) is 1. The Morgan fingerprint density at radius 1 is 1.47 bits per heavy atom. The first-order valence-corrected chi connectivity index (χ1v) is 8.29. The molecule has 7 heteroatoms. The van der Waals surface area contributed by atoms with Crippen LogP contribution in [0.3, 0.4) is 0 Å². The van der Waals surface area contributed by atoms with Gasteiger partial charge in [-0.1, -0.05) is 0 Å². The molecule has 1 unspecified atom stereocenters. The van der Waals surface area contributed by atoms with Crippen molar-refractivity contribution in [3.05, 3.63) is 12.4 Å². The van der Waals surface area contributed by atoms with Crippen LogP contribution in [0.25, 0.3) is 0 Å². The summed E-state index contributed by atoms with van der Waals surface area (Å²) in [7, 11) is -3.26. The Labute approximate surface area is 113 Å². The first-order chi connectivity index (χ1) is 8.88. The molecule has 0 aromatic carbocycles. The molecule has 2 rings (SSSR count). The van der Waals surface area contributed by atoms with Crippen molar-refractivity contribution in [1.29, 1.82) is 0 Å². The molecule has 1 atom stereocenters. The number of aromatic nitrogens is 2. The highest BCUT2D eigenvalue weighted by atomic mass is 32.2. The number of rotatable bonds is 3. The van der Waals surface area contributed by atoms with Gasteiger partial charge in [0.2, 0.25) is 5.91 Å². The summed E-state index contributed by atoms with van der Waals surface area (Å²) < 4.78 is 24.1. The molecule has 1 fully saturated rings. The third-order valence-electron chi connectivity index (χ3n) is 3.46. The van der Waals surface area contributed by atoms with E-state index in [1.165, 1.54) is 17.1 Å². The summed E-state index contributed by atoms with van der Waals surface area (Å²) in [6.07, 6.45) is 7.03. The van der Waals surface area contributed by atoms with Crippen LogP contribution in [0.4, 0.5) is 0 Å². The summed E-state index contributed by atoms with van der Waals surface area (Å²) in [6, 6.07) is 0.256. The van der Waals surface area contributed by atoms with Gasteiger partial charge >= 0.3 is 0 Å². The summed E-state index contributed by atoms with van der Waals surface area (Å²) in [5.41, 5.74) is 0. The lowest BCUT2D eigenvalue weighted by Gasteiger charge is -2.33. The second kappa shape index (κ2) is 5.32. The molecule has 1 saturated heterocycles. The van der Waals surface area contributed by atoms with E-state index in [2.05, 4.69) is 5.10 Å². The molecular formula is C12H19N3O3S. The van der Waals surface area contributed by atoms with Crippen LogP contribution in [0, 0.1) is 0 Å². The van der Waals surface area contributed by atoms with E-state index in [4.69, 9.17) is 0 Å². The Kier molecular flexibility index (Phi) is 3.93. The van der Waals surface area contributed by atoms with Crippen molar-refractivity contribution in [2.75, 3.05) is 12.8 Å². The van der Waals surface area contributed by atoms with E-state index in [-0.39, 0.29) is 23.4 Å². The summed E-state index contributed by atoms with van der Waals surface area (Å²) in [4.78, 5) is 14.2. The molecule has 0 aliphatic carbocycles. The van der Waals surface area contributed by atoms with Crippen molar-refractivity contribution in [3.63, 3.8) is 0 Å². The third-order valence-corrected chi connectivity index (χ3v) is 4.53. The largest absolute Gasteiger partial charge is 0.338 e. The van der Waals surface area contributed by atoms with Gasteiger partial charge in [0.1, 0.15) is 11.4 Å². The minimum atomic E-state index is -3.26. The number of hydrogen-bond donors (Lipinski definition) is 0. The van der Waals surface area contributed by atoms with Gasteiger partial charge in [0.15, 0.2) is 9.84 Å². The Morgan fingerprint density at radius 3 is 2.79 bits per heavy atom. The van der Waals surface area contributed by atoms with Crippen LogP contribution in [0.15, 0.2) is 17.3 Å². The molecular weight excluding hydrogens is 266 g/mol. The van der Waals surface area contributed by atoms with Crippen LogP contribution in [-0.4, -0.2) is 47.8 Å². The standard InChI is InChI=1S/C12H19N3O3S/c1-10-5-3-4-6-15(10)12(16)9-14-8-11(7-13-14)19(2,17)18/h7-8,10H,3-6,9H2,1-2H3. The van der Waals surface area contributed by atoms with Gasteiger partial charge in [-0.15, -0.1) is 0 Å². The van der Waals surface area contributed by atoms with E-state index < -0.39 is 9.84 Å². The molecule has 0 radical (unpaired) electrons. The molecule has 0 N–H and O–H groups in total. The molecule has 106 valence electrons. The Hall–Kier alpha value is -1.37. The minimum Gasteiger partial charge on any atom is -0.338 e. The average molecular weight is 285 g/mol. The lowest BCUT2D eigenvalue weighted by molar-refractivity contribution is -0.135. The van der Waals surface area contributed by atoms with Crippen molar-refractivity contribution in [2.45, 2.75) is 43.7 Å². The number of amides is 1. The zero-order chi connectivity index (χ0) is 14.0. The quantitative estimate of drug-likeness (QED) is 0.819. The summed E-state index contributed by atoms with van der Waals surface area (Å²) in [6.45, 7) is 2.92. The van der Waals surface area contributed by atoms with Crippen LogP contribution in [0.2, 0.25) is 0 Å². The second-order valence-electron chi connectivity index (χ2n) is 5.08. The molecule has 0 bridgehead atoms. The fourth-order valence-electron chi connectivity index (χ4n) is 2.32. The third kappa shape index (κ3) is 3.34. The van der Waals surface area contributed by atoms with Gasteiger partial charge in [-0.05, 0) is 26.2 Å². The highest BCUT2D eigenvalue weighted by Crippen LogP contribution is 2.17. The van der Waals surface area contributed by atoms with Crippen LogP contribution < -0.4 is 0 Å². The minimum absolute atomic E-state index is 0.00430. The van der Waals surface area contributed by atoms with Crippen molar-refractivity contribution in [1.82, 2.24) is 14.7 Å². The lowest BCUT2D eigenvalue weighted by atomic mass is 10.0. The number of nitrogens with zero attached hydrogens (tertiary/aromatic N) is 3. The number of carbonyl (C=O) groups excluding carboxylic acids is 1. The molecule has 1 aliphatic rings. The molecule has 1 aliphatic heterocycles. The molecule has 19 heavy (non-hydrogen) atoms. The monoisotopic (exact) mass is 285 g/mol.